The molecular formula is C14H20ClN. The number of nitrogens with one attached hydrogen (secondary N) is 1. The van der Waals surface area contributed by atoms with Crippen LogP contribution in [0.2, 0.25) is 5.02 Å². The zero-order valence-corrected chi connectivity index (χ0v) is 10.6. The van der Waals surface area contributed by atoms with Crippen LogP contribution >= 0.6 is 11.6 Å². The quantitative estimate of drug-likeness (QED) is 0.742. The second-order valence-electron chi connectivity index (χ2n) is 4.67. The molecule has 0 saturated heterocycles. The molecule has 1 N–H and O–H groups in total. The molecule has 0 bridgehead atoms. The first-order valence-electron chi connectivity index (χ1n) is 6.28. The van der Waals surface area contributed by atoms with Crippen LogP contribution in [0.15, 0.2) is 24.3 Å². The van der Waals surface area contributed by atoms with Crippen LogP contribution in [0.1, 0.15) is 37.7 Å². The molecule has 16 heavy (non-hydrogen) atoms. The molecule has 0 radical (unpaired) electrons. The molecule has 1 unspecified atom stereocenters. The number of hydrogen-bond donors (Lipinski definition) is 1. The molecule has 1 aromatic rings. The van der Waals surface area contributed by atoms with Gasteiger partial charge in [0.2, 0.25) is 0 Å². The molecule has 1 fully saturated rings. The van der Waals surface area contributed by atoms with E-state index in [-0.39, 0.29) is 0 Å². The van der Waals surface area contributed by atoms with E-state index in [2.05, 4.69) is 24.4 Å². The lowest BCUT2D eigenvalue weighted by atomic mass is 9.94. The summed E-state index contributed by atoms with van der Waals surface area (Å²) in [5.74, 6) is 1.46. The Morgan fingerprint density at radius 2 is 2.12 bits per heavy atom. The minimum atomic E-state index is 0.611. The number of rotatable bonds is 6. The van der Waals surface area contributed by atoms with Gasteiger partial charge in [-0.1, -0.05) is 36.7 Å². The monoisotopic (exact) mass is 237 g/mol. The summed E-state index contributed by atoms with van der Waals surface area (Å²) in [6.07, 6.45) is 3.92. The van der Waals surface area contributed by atoms with Crippen LogP contribution in [0, 0.1) is 5.92 Å². The van der Waals surface area contributed by atoms with Crippen molar-refractivity contribution in [2.45, 2.75) is 32.1 Å². The van der Waals surface area contributed by atoms with E-state index in [4.69, 9.17) is 11.6 Å². The van der Waals surface area contributed by atoms with Crippen LogP contribution in [-0.4, -0.2) is 13.1 Å². The Hall–Kier alpha value is -0.530. The number of hydrogen-bond acceptors (Lipinski definition) is 1. The lowest BCUT2D eigenvalue weighted by Gasteiger charge is -2.18. The third kappa shape index (κ3) is 2.99. The minimum absolute atomic E-state index is 0.611. The predicted molar refractivity (Wildman–Crippen MR) is 70.1 cm³/mol. The average Bonchev–Trinajstić information content (AvgIpc) is 3.10. The van der Waals surface area contributed by atoms with Crippen LogP contribution in [0.4, 0.5) is 0 Å². The highest BCUT2D eigenvalue weighted by molar-refractivity contribution is 6.31. The van der Waals surface area contributed by atoms with E-state index in [1.54, 1.807) is 0 Å². The maximum atomic E-state index is 6.28. The van der Waals surface area contributed by atoms with Crippen LogP contribution in [0.25, 0.3) is 0 Å². The van der Waals surface area contributed by atoms with Gasteiger partial charge in [-0.25, -0.2) is 0 Å². The molecule has 1 atom stereocenters. The van der Waals surface area contributed by atoms with Crippen molar-refractivity contribution in [1.82, 2.24) is 5.32 Å². The highest BCUT2D eigenvalue weighted by Crippen LogP contribution is 2.43. The van der Waals surface area contributed by atoms with Crippen molar-refractivity contribution in [3.8, 4) is 0 Å². The Bertz CT molecular complexity index is 333. The van der Waals surface area contributed by atoms with Crippen LogP contribution in [-0.2, 0) is 0 Å². The first-order chi connectivity index (χ1) is 7.83. The summed E-state index contributed by atoms with van der Waals surface area (Å²) < 4.78 is 0. The third-order valence-corrected chi connectivity index (χ3v) is 3.63. The van der Waals surface area contributed by atoms with Gasteiger partial charge in [0.15, 0.2) is 0 Å². The summed E-state index contributed by atoms with van der Waals surface area (Å²) in [5.41, 5.74) is 1.33. The summed E-state index contributed by atoms with van der Waals surface area (Å²) in [5, 5.41) is 4.45. The molecule has 2 heteroatoms. The Morgan fingerprint density at radius 1 is 1.38 bits per heavy atom. The molecule has 0 amide bonds. The molecule has 1 aromatic carbocycles. The van der Waals surface area contributed by atoms with Crippen molar-refractivity contribution in [3.05, 3.63) is 34.9 Å². The summed E-state index contributed by atoms with van der Waals surface area (Å²) in [4.78, 5) is 0. The maximum Gasteiger partial charge on any atom is 0.0441 e. The number of halogens is 1. The van der Waals surface area contributed by atoms with Gasteiger partial charge in [0.1, 0.15) is 0 Å². The summed E-state index contributed by atoms with van der Waals surface area (Å²) in [6.45, 7) is 4.38. The fourth-order valence-electron chi connectivity index (χ4n) is 2.24. The fraction of sp³-hybridized carbons (Fsp3) is 0.571. The van der Waals surface area contributed by atoms with Gasteiger partial charge in [-0.05, 0) is 43.4 Å². The van der Waals surface area contributed by atoms with Crippen molar-refractivity contribution in [2.24, 2.45) is 5.92 Å². The van der Waals surface area contributed by atoms with E-state index in [1.807, 2.05) is 12.1 Å². The normalized spacial score (nSPS) is 17.4. The van der Waals surface area contributed by atoms with E-state index in [9.17, 15) is 0 Å². The Balaban J connectivity index is 2.04. The Kier molecular flexibility index (Phi) is 4.25. The van der Waals surface area contributed by atoms with E-state index >= 15 is 0 Å². The van der Waals surface area contributed by atoms with Gasteiger partial charge in [0.05, 0.1) is 0 Å². The van der Waals surface area contributed by atoms with Crippen LogP contribution in [0.3, 0.4) is 0 Å². The fourth-order valence-corrected chi connectivity index (χ4v) is 2.52. The molecule has 88 valence electrons. The summed E-state index contributed by atoms with van der Waals surface area (Å²) in [7, 11) is 0. The van der Waals surface area contributed by atoms with Gasteiger partial charge in [0, 0.05) is 17.5 Å². The smallest absolute Gasteiger partial charge is 0.0441 e. The van der Waals surface area contributed by atoms with E-state index < -0.39 is 0 Å². The van der Waals surface area contributed by atoms with Gasteiger partial charge in [-0.15, -0.1) is 0 Å². The highest BCUT2D eigenvalue weighted by Gasteiger charge is 2.32. The molecule has 0 heterocycles. The predicted octanol–water partition coefficient (Wildman–Crippen LogP) is 3.83. The van der Waals surface area contributed by atoms with Crippen molar-refractivity contribution in [3.63, 3.8) is 0 Å². The molecule has 1 saturated carbocycles. The Morgan fingerprint density at radius 3 is 2.75 bits per heavy atom. The van der Waals surface area contributed by atoms with Crippen molar-refractivity contribution >= 4 is 11.6 Å². The van der Waals surface area contributed by atoms with Crippen molar-refractivity contribution < 1.29 is 0 Å². The van der Waals surface area contributed by atoms with Gasteiger partial charge in [-0.2, -0.15) is 0 Å². The average molecular weight is 238 g/mol. The van der Waals surface area contributed by atoms with E-state index in [1.165, 1.54) is 24.8 Å². The molecule has 1 aliphatic carbocycles. The van der Waals surface area contributed by atoms with Gasteiger partial charge >= 0.3 is 0 Å². The van der Waals surface area contributed by atoms with Crippen molar-refractivity contribution in [1.29, 1.82) is 0 Å². The molecule has 0 aromatic heterocycles. The van der Waals surface area contributed by atoms with Gasteiger partial charge in [0.25, 0.3) is 0 Å². The lowest BCUT2D eigenvalue weighted by Crippen LogP contribution is -2.23. The molecule has 0 spiro atoms. The molecule has 0 aliphatic heterocycles. The maximum absolute atomic E-state index is 6.28. The zero-order chi connectivity index (χ0) is 11.4. The summed E-state index contributed by atoms with van der Waals surface area (Å²) in [6, 6.07) is 8.29. The molecular weight excluding hydrogens is 218 g/mol. The molecule has 1 nitrogen and oxygen atoms in total. The largest absolute Gasteiger partial charge is 0.316 e. The second-order valence-corrected chi connectivity index (χ2v) is 5.08. The van der Waals surface area contributed by atoms with E-state index in [0.29, 0.717) is 5.92 Å². The first-order valence-corrected chi connectivity index (χ1v) is 6.66. The van der Waals surface area contributed by atoms with Crippen LogP contribution in [0.5, 0.6) is 0 Å². The number of benzene rings is 1. The minimum Gasteiger partial charge on any atom is -0.316 e. The van der Waals surface area contributed by atoms with E-state index in [0.717, 1.165) is 24.0 Å². The Labute approximate surface area is 103 Å². The zero-order valence-electron chi connectivity index (χ0n) is 9.88. The summed E-state index contributed by atoms with van der Waals surface area (Å²) >= 11 is 6.28. The van der Waals surface area contributed by atoms with Gasteiger partial charge in [-0.3, -0.25) is 0 Å². The second kappa shape index (κ2) is 5.70. The standard InChI is InChI=1S/C14H20ClN/c1-2-9-16-10-13(11-7-8-11)12-5-3-4-6-14(12)15/h3-6,11,13,16H,2,7-10H2,1H3. The first kappa shape index (κ1) is 11.9. The topological polar surface area (TPSA) is 12.0 Å². The van der Waals surface area contributed by atoms with Crippen molar-refractivity contribution in [2.75, 3.05) is 13.1 Å². The SMILES string of the molecule is CCCNCC(c1ccccc1Cl)C1CC1. The molecule has 2 rings (SSSR count). The molecule has 1 aliphatic rings. The highest BCUT2D eigenvalue weighted by atomic mass is 35.5. The third-order valence-electron chi connectivity index (χ3n) is 3.29. The van der Waals surface area contributed by atoms with Crippen LogP contribution < -0.4 is 5.32 Å². The lowest BCUT2D eigenvalue weighted by molar-refractivity contribution is 0.534. The van der Waals surface area contributed by atoms with Gasteiger partial charge < -0.3 is 5.32 Å².